The smallest absolute Gasteiger partial charge is 0.324 e. The molecule has 158 valence electrons. The van der Waals surface area contributed by atoms with Crippen LogP contribution in [0.5, 0.6) is 0 Å². The molecular formula is C19H24Cl2N4O3S. The number of urea groups is 1. The number of rotatable bonds is 6. The molecule has 1 aromatic heterocycles. The van der Waals surface area contributed by atoms with E-state index in [0.29, 0.717) is 21.3 Å². The number of nitrogens with one attached hydrogen (secondary N) is 3. The highest BCUT2D eigenvalue weighted by atomic mass is 35.5. The van der Waals surface area contributed by atoms with Gasteiger partial charge in [0, 0.05) is 35.2 Å². The molecule has 29 heavy (non-hydrogen) atoms. The number of amides is 3. The van der Waals surface area contributed by atoms with Crippen LogP contribution in [0.1, 0.15) is 27.7 Å². The van der Waals surface area contributed by atoms with Crippen molar-refractivity contribution in [3.8, 4) is 0 Å². The number of hydrogen-bond acceptors (Lipinski definition) is 5. The number of benzene rings is 1. The number of thiophene rings is 1. The van der Waals surface area contributed by atoms with E-state index in [1.54, 1.807) is 24.3 Å². The van der Waals surface area contributed by atoms with E-state index in [1.807, 2.05) is 0 Å². The Bertz CT molecular complexity index is 858. The molecule has 0 aliphatic carbocycles. The Hall–Kier alpha value is -1.84. The second kappa shape index (κ2) is 10.8. The largest absolute Gasteiger partial charge is 0.395 e. The summed E-state index contributed by atoms with van der Waals surface area (Å²) < 4.78 is 0. The summed E-state index contributed by atoms with van der Waals surface area (Å²) in [5.74, 6) is -0.279. The van der Waals surface area contributed by atoms with Gasteiger partial charge in [0.15, 0.2) is 0 Å². The van der Waals surface area contributed by atoms with E-state index >= 15 is 0 Å². The minimum Gasteiger partial charge on any atom is -0.395 e. The zero-order valence-corrected chi connectivity index (χ0v) is 18.3. The van der Waals surface area contributed by atoms with E-state index in [-0.39, 0.29) is 31.5 Å². The molecule has 1 aromatic carbocycles. The average Bonchev–Trinajstić information content (AvgIpc) is 3.04. The van der Waals surface area contributed by atoms with Crippen LogP contribution in [0.4, 0.5) is 15.5 Å². The van der Waals surface area contributed by atoms with Crippen LogP contribution in [0.15, 0.2) is 24.3 Å². The van der Waals surface area contributed by atoms with Crippen LogP contribution < -0.4 is 16.0 Å². The van der Waals surface area contributed by atoms with Crippen molar-refractivity contribution in [3.05, 3.63) is 45.3 Å². The first-order chi connectivity index (χ1) is 13.5. The van der Waals surface area contributed by atoms with Gasteiger partial charge in [-0.2, -0.15) is 0 Å². The average molecular weight is 459 g/mol. The summed E-state index contributed by atoms with van der Waals surface area (Å²) in [7, 11) is 0. The predicted molar refractivity (Wildman–Crippen MR) is 120 cm³/mol. The van der Waals surface area contributed by atoms with Gasteiger partial charge in [0.2, 0.25) is 0 Å². The lowest BCUT2D eigenvalue weighted by Crippen LogP contribution is -2.32. The minimum absolute atomic E-state index is 0. The zero-order valence-electron chi connectivity index (χ0n) is 16.0. The van der Waals surface area contributed by atoms with Crippen molar-refractivity contribution < 1.29 is 14.7 Å². The highest BCUT2D eigenvalue weighted by Gasteiger charge is 2.28. The van der Waals surface area contributed by atoms with Crippen LogP contribution in [0.3, 0.4) is 0 Å². The summed E-state index contributed by atoms with van der Waals surface area (Å²) in [5.41, 5.74) is 2.08. The van der Waals surface area contributed by atoms with Crippen LogP contribution in [-0.4, -0.2) is 48.2 Å². The molecule has 1 aliphatic rings. The molecule has 10 heteroatoms. The summed E-state index contributed by atoms with van der Waals surface area (Å²) in [5, 5.41) is 18.4. The fourth-order valence-corrected chi connectivity index (χ4v) is 4.52. The second-order valence-electron chi connectivity index (χ2n) is 6.39. The molecule has 0 atom stereocenters. The van der Waals surface area contributed by atoms with Gasteiger partial charge in [-0.15, -0.1) is 23.7 Å². The fraction of sp³-hybridized carbons (Fsp3) is 0.368. The van der Waals surface area contributed by atoms with Crippen molar-refractivity contribution >= 4 is 58.0 Å². The Morgan fingerprint density at radius 1 is 1.24 bits per heavy atom. The van der Waals surface area contributed by atoms with Gasteiger partial charge >= 0.3 is 6.03 Å². The third-order valence-corrected chi connectivity index (χ3v) is 5.92. The maximum atomic E-state index is 12.7. The number of likely N-dealkylation sites (N-methyl/N-ethyl adjacent to an activating group) is 1. The number of anilines is 2. The highest BCUT2D eigenvalue weighted by Crippen LogP contribution is 2.37. The first-order valence-corrected chi connectivity index (χ1v) is 10.3. The topological polar surface area (TPSA) is 93.7 Å². The van der Waals surface area contributed by atoms with Crippen molar-refractivity contribution in [1.29, 1.82) is 0 Å². The van der Waals surface area contributed by atoms with Crippen LogP contribution in [0.2, 0.25) is 5.02 Å². The summed E-state index contributed by atoms with van der Waals surface area (Å²) in [6.07, 6.45) is 0.752. The standard InChI is InChI=1S/C19H23ClN4O3S.ClH/c1-2-24-9-7-14-15(11-24)28-18(16(14)17(26)21-8-10-25)23-19(27)22-13-5-3-12(20)4-6-13;/h3-6,25H,2,7-11H2,1H3,(H,21,26)(H2,22,23,27);1H. The molecule has 0 radical (unpaired) electrons. The van der Waals surface area contributed by atoms with Gasteiger partial charge in [-0.05, 0) is 42.8 Å². The van der Waals surface area contributed by atoms with Crippen molar-refractivity contribution in [3.63, 3.8) is 0 Å². The maximum absolute atomic E-state index is 12.7. The molecule has 0 saturated heterocycles. The predicted octanol–water partition coefficient (Wildman–Crippen LogP) is 3.57. The Labute approximate surface area is 184 Å². The molecule has 1 aliphatic heterocycles. The zero-order chi connectivity index (χ0) is 20.1. The fourth-order valence-electron chi connectivity index (χ4n) is 3.11. The summed E-state index contributed by atoms with van der Waals surface area (Å²) >= 11 is 7.29. The minimum atomic E-state index is -0.426. The molecule has 7 nitrogen and oxygen atoms in total. The maximum Gasteiger partial charge on any atom is 0.324 e. The Kier molecular flexibility index (Phi) is 8.73. The number of nitrogens with zero attached hydrogens (tertiary/aromatic N) is 1. The van der Waals surface area contributed by atoms with Crippen molar-refractivity contribution in [2.45, 2.75) is 19.9 Å². The van der Waals surface area contributed by atoms with Crippen molar-refractivity contribution in [1.82, 2.24) is 10.2 Å². The summed E-state index contributed by atoms with van der Waals surface area (Å²) in [6, 6.07) is 6.36. The number of halogens is 2. The third-order valence-electron chi connectivity index (χ3n) is 4.54. The first kappa shape index (κ1) is 23.4. The van der Waals surface area contributed by atoms with Crippen LogP contribution >= 0.6 is 35.3 Å². The van der Waals surface area contributed by atoms with Gasteiger partial charge in [-0.25, -0.2) is 4.79 Å². The van der Waals surface area contributed by atoms with Gasteiger partial charge in [0.25, 0.3) is 5.91 Å². The van der Waals surface area contributed by atoms with Crippen LogP contribution in [-0.2, 0) is 13.0 Å². The van der Waals surface area contributed by atoms with E-state index in [4.69, 9.17) is 16.7 Å². The SMILES string of the molecule is CCN1CCc2c(sc(NC(=O)Nc3ccc(Cl)cc3)c2C(=O)NCCO)C1.Cl. The van der Waals surface area contributed by atoms with Crippen LogP contribution in [0, 0.1) is 0 Å². The Morgan fingerprint density at radius 2 is 1.97 bits per heavy atom. The second-order valence-corrected chi connectivity index (χ2v) is 7.93. The van der Waals surface area contributed by atoms with Gasteiger partial charge in [-0.1, -0.05) is 18.5 Å². The molecule has 2 aromatic rings. The van der Waals surface area contributed by atoms with E-state index < -0.39 is 6.03 Å². The van der Waals surface area contributed by atoms with E-state index in [2.05, 4.69) is 27.8 Å². The number of carbonyl (C=O) groups is 2. The lowest BCUT2D eigenvalue weighted by atomic mass is 10.0. The first-order valence-electron chi connectivity index (χ1n) is 9.11. The summed E-state index contributed by atoms with van der Waals surface area (Å²) in [4.78, 5) is 28.5. The molecule has 2 heterocycles. The van der Waals surface area contributed by atoms with E-state index in [1.165, 1.54) is 11.3 Å². The van der Waals surface area contributed by atoms with Crippen molar-refractivity contribution in [2.75, 3.05) is 36.9 Å². The molecule has 0 unspecified atom stereocenters. The number of aliphatic hydroxyl groups excluding tert-OH is 1. The van der Waals surface area contributed by atoms with Crippen molar-refractivity contribution in [2.24, 2.45) is 0 Å². The lowest BCUT2D eigenvalue weighted by Gasteiger charge is -2.25. The monoisotopic (exact) mass is 458 g/mol. The molecule has 4 N–H and O–H groups in total. The normalized spacial score (nSPS) is 13.2. The number of aliphatic hydroxyl groups is 1. The molecule has 0 fully saturated rings. The molecule has 0 saturated carbocycles. The number of carbonyl (C=O) groups excluding carboxylic acids is 2. The van der Waals surface area contributed by atoms with Gasteiger partial charge in [-0.3, -0.25) is 15.0 Å². The molecule has 3 amide bonds. The Morgan fingerprint density at radius 3 is 2.62 bits per heavy atom. The molecule has 0 spiro atoms. The molecule has 3 rings (SSSR count). The van der Waals surface area contributed by atoms with Gasteiger partial charge in [0.1, 0.15) is 5.00 Å². The van der Waals surface area contributed by atoms with E-state index in [9.17, 15) is 9.59 Å². The van der Waals surface area contributed by atoms with Gasteiger partial charge < -0.3 is 15.7 Å². The summed E-state index contributed by atoms with van der Waals surface area (Å²) in [6.45, 7) is 4.70. The van der Waals surface area contributed by atoms with Gasteiger partial charge in [0.05, 0.1) is 12.2 Å². The Balaban J connectivity index is 0.00000300. The number of fused-ring (bicyclic) bond motifs is 1. The van der Waals surface area contributed by atoms with Crippen LogP contribution in [0.25, 0.3) is 0 Å². The lowest BCUT2D eigenvalue weighted by molar-refractivity contribution is 0.0944. The van der Waals surface area contributed by atoms with E-state index in [0.717, 1.165) is 36.5 Å². The number of hydrogen-bond donors (Lipinski definition) is 4. The molecule has 0 bridgehead atoms. The highest BCUT2D eigenvalue weighted by molar-refractivity contribution is 7.17. The quantitative estimate of drug-likeness (QED) is 0.532. The third kappa shape index (κ3) is 5.83. The molecular weight excluding hydrogens is 435 g/mol.